The van der Waals surface area contributed by atoms with Gasteiger partial charge in [-0.3, -0.25) is 16.7 Å². The molecule has 23 nitrogen and oxygen atoms in total. The topological polar surface area (TPSA) is 334 Å². The SMILES string of the molecule is COS(=O)(=O)c1cc(N=Nc2ccc(Cc3nc(Cc4ccc(N=Nc5cc(S(=O)(=O)OC)c6cccc(S(=O)(=O)OC)c6c5)c(O)c4)nc(NCCO)n3)cc2O)cc2c(S(=O)(=O)OC)cccc12. The third kappa shape index (κ3) is 11.1. The molecule has 70 heavy (non-hydrogen) atoms. The van der Waals surface area contributed by atoms with Gasteiger partial charge in [0, 0.05) is 40.9 Å². The molecule has 7 rings (SSSR count). The van der Waals surface area contributed by atoms with E-state index in [0.717, 1.165) is 40.6 Å². The average molecular weight is 1040 g/mol. The van der Waals surface area contributed by atoms with Crippen molar-refractivity contribution in [2.45, 2.75) is 32.4 Å². The molecule has 0 saturated heterocycles. The van der Waals surface area contributed by atoms with Crippen LogP contribution in [0.5, 0.6) is 11.5 Å². The van der Waals surface area contributed by atoms with Crippen LogP contribution >= 0.6 is 0 Å². The lowest BCUT2D eigenvalue weighted by Gasteiger charge is -2.11. The van der Waals surface area contributed by atoms with E-state index in [-0.39, 0.29) is 119 Å². The number of aromatic hydroxyl groups is 2. The van der Waals surface area contributed by atoms with E-state index in [1.807, 2.05) is 0 Å². The fourth-order valence-electron chi connectivity index (χ4n) is 6.93. The first-order chi connectivity index (χ1) is 33.2. The van der Waals surface area contributed by atoms with Crippen molar-refractivity contribution in [2.24, 2.45) is 20.5 Å². The number of benzene rings is 6. The van der Waals surface area contributed by atoms with Crippen molar-refractivity contribution >= 4 is 90.7 Å². The highest BCUT2D eigenvalue weighted by molar-refractivity contribution is 7.88. The number of aliphatic hydroxyl groups is 1. The van der Waals surface area contributed by atoms with E-state index in [0.29, 0.717) is 11.1 Å². The number of aromatic nitrogens is 3. The molecule has 27 heteroatoms. The van der Waals surface area contributed by atoms with Crippen LogP contribution in [0.4, 0.5) is 28.7 Å². The number of fused-ring (bicyclic) bond motifs is 2. The van der Waals surface area contributed by atoms with Crippen LogP contribution in [0.3, 0.4) is 0 Å². The van der Waals surface area contributed by atoms with Gasteiger partial charge in [0.25, 0.3) is 40.5 Å². The number of nitrogens with zero attached hydrogens (tertiary/aromatic N) is 7. The zero-order valence-corrected chi connectivity index (χ0v) is 40.3. The molecule has 0 unspecified atom stereocenters. The second-order valence-corrected chi connectivity index (χ2v) is 21.3. The summed E-state index contributed by atoms with van der Waals surface area (Å²) in [5.74, 6) is -0.0626. The van der Waals surface area contributed by atoms with Gasteiger partial charge < -0.3 is 20.6 Å². The molecule has 1 heterocycles. The molecular weight excluding hydrogens is 997 g/mol. The zero-order valence-electron chi connectivity index (χ0n) is 37.1. The Labute approximate surface area is 400 Å². The van der Waals surface area contributed by atoms with Gasteiger partial charge >= 0.3 is 0 Å². The molecule has 0 saturated carbocycles. The van der Waals surface area contributed by atoms with Crippen molar-refractivity contribution in [3.63, 3.8) is 0 Å². The third-order valence-electron chi connectivity index (χ3n) is 10.2. The minimum absolute atomic E-state index is 0.0264. The Morgan fingerprint density at radius 1 is 0.486 bits per heavy atom. The summed E-state index contributed by atoms with van der Waals surface area (Å²) in [4.78, 5) is 12.0. The lowest BCUT2D eigenvalue weighted by atomic mass is 10.1. The molecule has 0 aliphatic rings. The van der Waals surface area contributed by atoms with Crippen LogP contribution in [0.25, 0.3) is 21.5 Å². The highest BCUT2D eigenvalue weighted by atomic mass is 32.2. The number of aliphatic hydroxyl groups excluding tert-OH is 1. The van der Waals surface area contributed by atoms with Gasteiger partial charge in [-0.2, -0.15) is 53.9 Å². The fraction of sp³-hybridized carbons (Fsp3) is 0.186. The molecule has 366 valence electrons. The van der Waals surface area contributed by atoms with E-state index in [1.54, 1.807) is 12.1 Å². The molecule has 0 atom stereocenters. The van der Waals surface area contributed by atoms with Crippen molar-refractivity contribution in [3.8, 4) is 11.5 Å². The highest BCUT2D eigenvalue weighted by Crippen LogP contribution is 2.38. The Bertz CT molecular complexity index is 3470. The van der Waals surface area contributed by atoms with Gasteiger partial charge in [0.15, 0.2) is 0 Å². The summed E-state index contributed by atoms with van der Waals surface area (Å²) in [7, 11) is -13.5. The third-order valence-corrected chi connectivity index (χ3v) is 15.5. The normalized spacial score (nSPS) is 12.7. The van der Waals surface area contributed by atoms with E-state index < -0.39 is 40.5 Å². The van der Waals surface area contributed by atoms with Crippen molar-refractivity contribution in [1.82, 2.24) is 15.0 Å². The maximum Gasteiger partial charge on any atom is 0.297 e. The number of phenols is 2. The van der Waals surface area contributed by atoms with Gasteiger partial charge in [0.2, 0.25) is 5.95 Å². The van der Waals surface area contributed by atoms with Crippen LogP contribution in [0.2, 0.25) is 0 Å². The van der Waals surface area contributed by atoms with Gasteiger partial charge in [-0.15, -0.1) is 10.2 Å². The van der Waals surface area contributed by atoms with Crippen LogP contribution < -0.4 is 5.32 Å². The predicted molar refractivity (Wildman–Crippen MR) is 250 cm³/mol. The minimum atomic E-state index is -4.37. The van der Waals surface area contributed by atoms with E-state index in [2.05, 4.69) is 49.1 Å². The molecule has 0 radical (unpaired) electrons. The first-order valence-corrected chi connectivity index (χ1v) is 25.8. The van der Waals surface area contributed by atoms with Crippen molar-refractivity contribution < 1.29 is 65.7 Å². The van der Waals surface area contributed by atoms with Crippen LogP contribution in [0.15, 0.2) is 137 Å². The quantitative estimate of drug-likeness (QED) is 0.0506. The molecule has 0 bridgehead atoms. The standard InChI is InChI=1S/C43H40N8O15S4/c1-63-67(55,56)37-9-5-7-29-31(37)21-27(23-39(29)69(59,60)65-3)48-50-33-13-11-25(17-35(33)53)19-41-45-42(47-43(46-41)44-15-16-52)20-26-12-14-34(36(54)18-26)51-49-28-22-32-30(40(24-28)70(61,62)66-4)8-6-10-38(32)68(57,58)64-2/h5-14,17-18,21-24,52-54H,15-16,19-20H2,1-4H3,(H,44,45,46,47). The van der Waals surface area contributed by atoms with Gasteiger partial charge in [0.1, 0.15) is 54.1 Å². The molecule has 4 N–H and O–H groups in total. The number of hydrogen-bond acceptors (Lipinski definition) is 23. The molecule has 0 amide bonds. The van der Waals surface area contributed by atoms with Crippen LogP contribution in [-0.2, 0) is 70.0 Å². The Kier molecular flexibility index (Phi) is 15.0. The van der Waals surface area contributed by atoms with E-state index in [1.165, 1.54) is 72.8 Å². The molecule has 0 aliphatic heterocycles. The molecule has 0 aliphatic carbocycles. The maximum atomic E-state index is 12.9. The summed E-state index contributed by atoms with van der Waals surface area (Å²) in [6, 6.07) is 21.7. The number of azo groups is 2. The average Bonchev–Trinajstić information content (AvgIpc) is 3.34. The Morgan fingerprint density at radius 3 is 1.26 bits per heavy atom. The smallest absolute Gasteiger partial charge is 0.297 e. The molecule has 7 aromatic rings. The fourth-order valence-corrected chi connectivity index (χ4v) is 10.4. The van der Waals surface area contributed by atoms with Gasteiger partial charge in [0.05, 0.1) is 46.4 Å². The van der Waals surface area contributed by atoms with Crippen LogP contribution in [0.1, 0.15) is 22.8 Å². The number of nitrogens with one attached hydrogen (secondary N) is 1. The number of phenolic OH excluding ortho intramolecular Hbond substituents is 2. The second kappa shape index (κ2) is 20.6. The lowest BCUT2D eigenvalue weighted by Crippen LogP contribution is -2.13. The Balaban J connectivity index is 1.14. The summed E-state index contributed by atoms with van der Waals surface area (Å²) in [6.07, 6.45) is 0.110. The number of anilines is 1. The Hall–Kier alpha value is -6.95. The van der Waals surface area contributed by atoms with E-state index in [4.69, 9.17) is 8.37 Å². The summed E-state index contributed by atoms with van der Waals surface area (Å²) in [6.45, 7) is -0.139. The Morgan fingerprint density at radius 2 is 0.886 bits per heavy atom. The van der Waals surface area contributed by atoms with Gasteiger partial charge in [-0.05, 0) is 71.8 Å². The minimum Gasteiger partial charge on any atom is -0.506 e. The summed E-state index contributed by atoms with van der Waals surface area (Å²) < 4.78 is 121. The number of hydrogen-bond donors (Lipinski definition) is 4. The first kappa shape index (κ1) is 50.9. The van der Waals surface area contributed by atoms with E-state index in [9.17, 15) is 49.0 Å². The zero-order chi connectivity index (χ0) is 50.6. The summed E-state index contributed by atoms with van der Waals surface area (Å²) in [5, 5.41) is 50.7. The predicted octanol–water partition coefficient (Wildman–Crippen LogP) is 6.35. The highest BCUT2D eigenvalue weighted by Gasteiger charge is 2.26. The second-order valence-electron chi connectivity index (χ2n) is 14.6. The molecule has 6 aromatic carbocycles. The largest absolute Gasteiger partial charge is 0.506 e. The molecule has 0 fully saturated rings. The van der Waals surface area contributed by atoms with Crippen LogP contribution in [-0.4, -0.2) is 106 Å². The first-order valence-electron chi connectivity index (χ1n) is 20.1. The number of rotatable bonds is 19. The summed E-state index contributed by atoms with van der Waals surface area (Å²) >= 11 is 0. The lowest BCUT2D eigenvalue weighted by molar-refractivity contribution is 0.310. The maximum absolute atomic E-state index is 12.9. The van der Waals surface area contributed by atoms with Crippen molar-refractivity contribution in [1.29, 1.82) is 0 Å². The molecule has 0 spiro atoms. The van der Waals surface area contributed by atoms with Crippen molar-refractivity contribution in [2.75, 3.05) is 46.9 Å². The molecular formula is C43H40N8O15S4. The van der Waals surface area contributed by atoms with E-state index >= 15 is 0 Å². The molecule has 1 aromatic heterocycles. The van der Waals surface area contributed by atoms with Gasteiger partial charge in [-0.1, -0.05) is 36.4 Å². The summed E-state index contributed by atoms with van der Waals surface area (Å²) in [5.41, 5.74) is 0.780. The van der Waals surface area contributed by atoms with Crippen molar-refractivity contribution in [3.05, 3.63) is 120 Å². The monoisotopic (exact) mass is 1040 g/mol. The van der Waals surface area contributed by atoms with Crippen LogP contribution in [0, 0.1) is 0 Å². The van der Waals surface area contributed by atoms with Gasteiger partial charge in [-0.25, -0.2) is 4.98 Å².